The van der Waals surface area contributed by atoms with Gasteiger partial charge in [-0.1, -0.05) is 63.9 Å². The molecule has 1 saturated heterocycles. The van der Waals surface area contributed by atoms with Crippen molar-refractivity contribution in [3.63, 3.8) is 0 Å². The third kappa shape index (κ3) is 5.29. The predicted molar refractivity (Wildman–Crippen MR) is 141 cm³/mol. The zero-order valence-electron chi connectivity index (χ0n) is 19.5. The average Bonchev–Trinajstić information content (AvgIpc) is 2.83. The van der Waals surface area contributed by atoms with Gasteiger partial charge in [-0.2, -0.15) is 0 Å². The summed E-state index contributed by atoms with van der Waals surface area (Å²) < 4.78 is 12.6. The van der Waals surface area contributed by atoms with E-state index in [9.17, 15) is 14.4 Å². The summed E-state index contributed by atoms with van der Waals surface area (Å²) in [5.74, 6) is -0.827. The zero-order valence-corrected chi connectivity index (χ0v) is 21.9. The van der Waals surface area contributed by atoms with E-state index in [0.29, 0.717) is 34.9 Å². The monoisotopic (exact) mass is 568 g/mol. The number of nitrogens with one attached hydrogen (secondary N) is 1. The van der Waals surface area contributed by atoms with E-state index in [1.54, 1.807) is 43.3 Å². The van der Waals surface area contributed by atoms with Crippen molar-refractivity contribution in [3.8, 4) is 11.5 Å². The van der Waals surface area contributed by atoms with Crippen LogP contribution in [0.15, 0.2) is 70.7 Å². The summed E-state index contributed by atoms with van der Waals surface area (Å²) in [6, 6.07) is 17.0. The van der Waals surface area contributed by atoms with Crippen LogP contribution in [0.4, 0.5) is 10.5 Å². The second-order valence-corrected chi connectivity index (χ2v) is 9.15. The summed E-state index contributed by atoms with van der Waals surface area (Å²) in [5, 5.41) is 2.48. The highest BCUT2D eigenvalue weighted by molar-refractivity contribution is 9.10. The van der Waals surface area contributed by atoms with Crippen LogP contribution in [0.5, 0.6) is 11.5 Å². The van der Waals surface area contributed by atoms with Gasteiger partial charge in [-0.05, 0) is 55.3 Å². The van der Waals surface area contributed by atoms with E-state index in [2.05, 4.69) is 21.2 Å². The maximum atomic E-state index is 13.2. The number of anilines is 1. The van der Waals surface area contributed by atoms with Crippen LogP contribution in [-0.4, -0.2) is 24.5 Å². The Morgan fingerprint density at radius 1 is 1.03 bits per heavy atom. The standard InChI is InChI=1S/C27H22BrClN2O5/c1-3-35-23-14-17(13-21(29)24(23)36-15-18-9-5-6-10-20(18)28)12-19-25(32)30-27(34)31(26(19)33)22-11-7-4-8-16(22)2/h4-14H,3,15H2,1-2H3,(H,30,32,34)/b19-12+. The summed E-state index contributed by atoms with van der Waals surface area (Å²) in [4.78, 5) is 39.3. The first-order valence-electron chi connectivity index (χ1n) is 11.1. The molecule has 0 bridgehead atoms. The van der Waals surface area contributed by atoms with Gasteiger partial charge in [-0.15, -0.1) is 0 Å². The SMILES string of the molecule is CCOc1cc(/C=C2\C(=O)NC(=O)N(c3ccccc3C)C2=O)cc(Cl)c1OCc1ccccc1Br. The molecule has 1 heterocycles. The number of barbiturate groups is 1. The fraction of sp³-hybridized carbons (Fsp3) is 0.148. The molecule has 9 heteroatoms. The number of urea groups is 1. The molecule has 3 aromatic rings. The molecule has 0 atom stereocenters. The van der Waals surface area contributed by atoms with Crippen LogP contribution in [-0.2, 0) is 16.2 Å². The van der Waals surface area contributed by atoms with Crippen LogP contribution >= 0.6 is 27.5 Å². The molecule has 0 unspecified atom stereocenters. The number of ether oxygens (including phenoxy) is 2. The molecule has 1 fully saturated rings. The molecule has 7 nitrogen and oxygen atoms in total. The van der Waals surface area contributed by atoms with Crippen molar-refractivity contribution in [2.24, 2.45) is 0 Å². The number of hydrogen-bond acceptors (Lipinski definition) is 5. The highest BCUT2D eigenvalue weighted by Gasteiger charge is 2.37. The van der Waals surface area contributed by atoms with Gasteiger partial charge in [-0.25, -0.2) is 9.69 Å². The van der Waals surface area contributed by atoms with E-state index < -0.39 is 17.8 Å². The Morgan fingerprint density at radius 2 is 1.75 bits per heavy atom. The first kappa shape index (κ1) is 25.5. The minimum Gasteiger partial charge on any atom is -0.490 e. The van der Waals surface area contributed by atoms with Crippen molar-refractivity contribution in [1.29, 1.82) is 0 Å². The molecule has 4 rings (SSSR count). The van der Waals surface area contributed by atoms with Gasteiger partial charge in [0.2, 0.25) is 0 Å². The van der Waals surface area contributed by atoms with Crippen LogP contribution in [0.2, 0.25) is 5.02 Å². The number of carbonyl (C=O) groups excluding carboxylic acids is 3. The van der Waals surface area contributed by atoms with Gasteiger partial charge in [0.15, 0.2) is 11.5 Å². The Kier molecular flexibility index (Phi) is 7.76. The fourth-order valence-corrected chi connectivity index (χ4v) is 4.37. The molecule has 0 saturated carbocycles. The van der Waals surface area contributed by atoms with Gasteiger partial charge in [0.1, 0.15) is 12.2 Å². The number of rotatable bonds is 7. The van der Waals surface area contributed by atoms with Crippen LogP contribution < -0.4 is 19.7 Å². The van der Waals surface area contributed by atoms with E-state index in [1.807, 2.05) is 31.2 Å². The molecule has 0 radical (unpaired) electrons. The van der Waals surface area contributed by atoms with Crippen LogP contribution in [0.1, 0.15) is 23.6 Å². The van der Waals surface area contributed by atoms with Crippen LogP contribution in [0.25, 0.3) is 6.08 Å². The maximum absolute atomic E-state index is 13.2. The summed E-state index contributed by atoms with van der Waals surface area (Å²) in [7, 11) is 0. The second-order valence-electron chi connectivity index (χ2n) is 7.89. The lowest BCUT2D eigenvalue weighted by Gasteiger charge is -2.27. The number of nitrogens with zero attached hydrogens (tertiary/aromatic N) is 1. The highest BCUT2D eigenvalue weighted by atomic mass is 79.9. The summed E-state index contributed by atoms with van der Waals surface area (Å²) in [6.07, 6.45) is 1.38. The Hall–Kier alpha value is -3.62. The van der Waals surface area contributed by atoms with E-state index in [1.165, 1.54) is 6.08 Å². The Balaban J connectivity index is 1.68. The van der Waals surface area contributed by atoms with E-state index >= 15 is 0 Å². The Bertz CT molecular complexity index is 1390. The lowest BCUT2D eigenvalue weighted by Crippen LogP contribution is -2.54. The largest absolute Gasteiger partial charge is 0.490 e. The van der Waals surface area contributed by atoms with Gasteiger partial charge < -0.3 is 9.47 Å². The van der Waals surface area contributed by atoms with E-state index in [4.69, 9.17) is 21.1 Å². The molecule has 0 spiro atoms. The third-order valence-corrected chi connectivity index (χ3v) is 6.48. The van der Waals surface area contributed by atoms with Gasteiger partial charge in [-0.3, -0.25) is 14.9 Å². The first-order valence-corrected chi connectivity index (χ1v) is 12.3. The molecule has 0 aromatic heterocycles. The van der Waals surface area contributed by atoms with Crippen molar-refractivity contribution < 1.29 is 23.9 Å². The number of benzene rings is 3. The van der Waals surface area contributed by atoms with Crippen molar-refractivity contribution in [2.45, 2.75) is 20.5 Å². The van der Waals surface area contributed by atoms with Crippen molar-refractivity contribution in [3.05, 3.63) is 92.4 Å². The minimum atomic E-state index is -0.805. The van der Waals surface area contributed by atoms with E-state index in [-0.39, 0.29) is 17.2 Å². The summed E-state index contributed by atoms with van der Waals surface area (Å²) in [5.41, 5.74) is 2.25. The summed E-state index contributed by atoms with van der Waals surface area (Å²) in [6.45, 7) is 4.18. The molecule has 3 aromatic carbocycles. The number of para-hydroxylation sites is 1. The van der Waals surface area contributed by atoms with Crippen molar-refractivity contribution in [1.82, 2.24) is 5.32 Å². The minimum absolute atomic E-state index is 0.210. The third-order valence-electron chi connectivity index (χ3n) is 5.43. The van der Waals surface area contributed by atoms with E-state index in [0.717, 1.165) is 14.9 Å². The van der Waals surface area contributed by atoms with Crippen LogP contribution in [0, 0.1) is 6.92 Å². The predicted octanol–water partition coefficient (Wildman–Crippen LogP) is 6.06. The lowest BCUT2D eigenvalue weighted by molar-refractivity contribution is -0.122. The fourth-order valence-electron chi connectivity index (χ4n) is 3.70. The van der Waals surface area contributed by atoms with Gasteiger partial charge in [0.25, 0.3) is 11.8 Å². The molecular weight excluding hydrogens is 548 g/mol. The molecule has 1 N–H and O–H groups in total. The Morgan fingerprint density at radius 3 is 2.47 bits per heavy atom. The first-order chi connectivity index (χ1) is 17.3. The number of imide groups is 2. The van der Waals surface area contributed by atoms with Gasteiger partial charge in [0, 0.05) is 10.0 Å². The lowest BCUT2D eigenvalue weighted by atomic mass is 10.1. The number of aryl methyl sites for hydroxylation is 1. The second kappa shape index (κ2) is 11.0. The molecule has 4 amide bonds. The number of halogens is 2. The zero-order chi connectivity index (χ0) is 25.8. The van der Waals surface area contributed by atoms with Gasteiger partial charge in [0.05, 0.1) is 17.3 Å². The number of hydrogen-bond donors (Lipinski definition) is 1. The summed E-state index contributed by atoms with van der Waals surface area (Å²) >= 11 is 10.0. The highest BCUT2D eigenvalue weighted by Crippen LogP contribution is 2.38. The van der Waals surface area contributed by atoms with Crippen molar-refractivity contribution >= 4 is 57.1 Å². The Labute approximate surface area is 221 Å². The smallest absolute Gasteiger partial charge is 0.335 e. The number of amides is 4. The number of carbonyl (C=O) groups is 3. The molecule has 0 aliphatic carbocycles. The molecule has 1 aliphatic rings. The van der Waals surface area contributed by atoms with Gasteiger partial charge >= 0.3 is 6.03 Å². The maximum Gasteiger partial charge on any atom is 0.335 e. The van der Waals surface area contributed by atoms with Crippen molar-refractivity contribution in [2.75, 3.05) is 11.5 Å². The quantitative estimate of drug-likeness (QED) is 0.276. The average molecular weight is 570 g/mol. The topological polar surface area (TPSA) is 84.9 Å². The normalized spacial score (nSPS) is 14.7. The van der Waals surface area contributed by atoms with Crippen LogP contribution in [0.3, 0.4) is 0 Å². The molecular formula is C27H22BrClN2O5. The molecule has 184 valence electrons. The molecule has 36 heavy (non-hydrogen) atoms. The molecule has 1 aliphatic heterocycles.